The largest absolute Gasteiger partial charge is 0.207 e. The van der Waals surface area contributed by atoms with Gasteiger partial charge in [0.1, 0.15) is 5.83 Å². The van der Waals surface area contributed by atoms with E-state index < -0.39 is 0 Å². The van der Waals surface area contributed by atoms with Crippen molar-refractivity contribution >= 4 is 6.08 Å². The van der Waals surface area contributed by atoms with Gasteiger partial charge in [-0.1, -0.05) is 55.8 Å². The summed E-state index contributed by atoms with van der Waals surface area (Å²) in [4.78, 5) is 0. The van der Waals surface area contributed by atoms with Crippen LogP contribution in [0, 0.1) is 13.8 Å². The summed E-state index contributed by atoms with van der Waals surface area (Å²) >= 11 is 0. The molecule has 0 unspecified atom stereocenters. The smallest absolute Gasteiger partial charge is 0.123 e. The zero-order chi connectivity index (χ0) is 17.9. The molecule has 0 aromatic carbocycles. The van der Waals surface area contributed by atoms with Gasteiger partial charge in [-0.05, 0) is 79.1 Å². The van der Waals surface area contributed by atoms with E-state index in [1.807, 2.05) is 19.9 Å². The molecule has 0 nitrogen and oxygen atoms in total. The monoisotopic (exact) mass is 322 g/mol. The molecule has 24 heavy (non-hydrogen) atoms. The highest BCUT2D eigenvalue weighted by atomic mass is 19.1. The van der Waals surface area contributed by atoms with Crippen molar-refractivity contribution in [3.05, 3.63) is 76.1 Å². The number of halogens is 1. The van der Waals surface area contributed by atoms with Crippen molar-refractivity contribution < 1.29 is 4.39 Å². The molecule has 2 aliphatic rings. The van der Waals surface area contributed by atoms with Crippen molar-refractivity contribution in [2.24, 2.45) is 0 Å². The Morgan fingerprint density at radius 2 is 1.75 bits per heavy atom. The van der Waals surface area contributed by atoms with E-state index in [1.54, 1.807) is 12.2 Å². The van der Waals surface area contributed by atoms with Crippen molar-refractivity contribution in [3.63, 3.8) is 0 Å². The molecule has 0 spiro atoms. The molecule has 0 aliphatic heterocycles. The number of allylic oxidation sites excluding steroid dienone is 5. The zero-order valence-corrected chi connectivity index (χ0v) is 15.6. The highest BCUT2D eigenvalue weighted by molar-refractivity contribution is 5.84. The molecule has 2 aliphatic carbocycles. The molecule has 1 heteroatoms. The summed E-state index contributed by atoms with van der Waals surface area (Å²) in [5, 5.41) is 0. The Labute approximate surface area is 145 Å². The van der Waals surface area contributed by atoms with Crippen LogP contribution in [-0.4, -0.2) is 0 Å². The fourth-order valence-electron chi connectivity index (χ4n) is 2.86. The minimum Gasteiger partial charge on any atom is -0.207 e. The molecule has 0 N–H and O–H groups in total. The van der Waals surface area contributed by atoms with Crippen LogP contribution in [0.5, 0.6) is 0 Å². The first-order valence-electron chi connectivity index (χ1n) is 8.55. The fraction of sp³-hybridized carbons (Fsp3) is 0.304. The van der Waals surface area contributed by atoms with E-state index in [0.29, 0.717) is 5.92 Å². The minimum absolute atomic E-state index is 0.224. The minimum atomic E-state index is -0.224. The maximum absolute atomic E-state index is 14.3. The van der Waals surface area contributed by atoms with Crippen molar-refractivity contribution in [1.82, 2.24) is 0 Å². The summed E-state index contributed by atoms with van der Waals surface area (Å²) in [5.74, 6) is 0.245. The molecule has 0 saturated heterocycles. The standard InChI is InChI=1S/C23H27F/c1-7-16(4)8-11-21(24)13-20-12-18(6)22-14-19(15(2)3)10-9-17(5)23(20)22/h7-15H,1-6H3/b11-8+,16-7+,21-13-. The van der Waals surface area contributed by atoms with Gasteiger partial charge in [0.2, 0.25) is 0 Å². The molecule has 0 heterocycles. The van der Waals surface area contributed by atoms with Crippen molar-refractivity contribution in [2.75, 3.05) is 0 Å². The van der Waals surface area contributed by atoms with Gasteiger partial charge in [0.25, 0.3) is 0 Å². The summed E-state index contributed by atoms with van der Waals surface area (Å²) < 4.78 is 14.3. The Morgan fingerprint density at radius 1 is 1.04 bits per heavy atom. The van der Waals surface area contributed by atoms with Gasteiger partial charge in [-0.15, -0.1) is 0 Å². The Balaban J connectivity index is 2.54. The molecule has 0 saturated carbocycles. The Kier molecular flexibility index (Phi) is 5.77. The van der Waals surface area contributed by atoms with Crippen molar-refractivity contribution in [1.29, 1.82) is 0 Å². The molecular formula is C23H27F. The van der Waals surface area contributed by atoms with Crippen LogP contribution in [0.2, 0.25) is 0 Å². The van der Waals surface area contributed by atoms with E-state index in [2.05, 4.69) is 52.0 Å². The lowest BCUT2D eigenvalue weighted by Gasteiger charge is -2.04. The van der Waals surface area contributed by atoms with E-state index in [-0.39, 0.29) is 5.83 Å². The Hall–Kier alpha value is -2.15. The summed E-state index contributed by atoms with van der Waals surface area (Å²) in [6.45, 7) is 12.5. The molecule has 0 amide bonds. The third-order valence-corrected chi connectivity index (χ3v) is 4.51. The lowest BCUT2D eigenvalue weighted by atomic mass is 10.0. The maximum Gasteiger partial charge on any atom is 0.123 e. The molecule has 126 valence electrons. The van der Waals surface area contributed by atoms with Gasteiger partial charge >= 0.3 is 0 Å². The van der Waals surface area contributed by atoms with Crippen LogP contribution < -0.4 is 0 Å². The number of fused-ring (bicyclic) bond motifs is 1. The first-order valence-corrected chi connectivity index (χ1v) is 8.55. The highest BCUT2D eigenvalue weighted by Gasteiger charge is 2.15. The van der Waals surface area contributed by atoms with Crippen LogP contribution in [-0.2, 0) is 0 Å². The summed E-state index contributed by atoms with van der Waals surface area (Å²) in [5.41, 5.74) is 8.04. The lowest BCUT2D eigenvalue weighted by Crippen LogP contribution is -1.84. The summed E-state index contributed by atoms with van der Waals surface area (Å²) in [6, 6.07) is 8.65. The number of hydrogen-bond donors (Lipinski definition) is 0. The van der Waals surface area contributed by atoms with Crippen LogP contribution in [0.25, 0.3) is 17.2 Å². The van der Waals surface area contributed by atoms with Crippen LogP contribution in [0.3, 0.4) is 0 Å². The van der Waals surface area contributed by atoms with Gasteiger partial charge in [0, 0.05) is 0 Å². The van der Waals surface area contributed by atoms with Gasteiger partial charge in [0.15, 0.2) is 0 Å². The molecule has 2 rings (SSSR count). The second-order valence-corrected chi connectivity index (χ2v) is 6.78. The van der Waals surface area contributed by atoms with E-state index in [4.69, 9.17) is 0 Å². The second-order valence-electron chi connectivity index (χ2n) is 6.78. The predicted octanol–water partition coefficient (Wildman–Crippen LogP) is 7.36. The van der Waals surface area contributed by atoms with Crippen molar-refractivity contribution in [2.45, 2.75) is 47.5 Å². The maximum atomic E-state index is 14.3. The molecule has 0 aromatic heterocycles. The van der Waals surface area contributed by atoms with E-state index in [1.165, 1.54) is 28.3 Å². The molecule has 0 bridgehead atoms. The first kappa shape index (κ1) is 18.2. The van der Waals surface area contributed by atoms with Gasteiger partial charge in [-0.25, -0.2) is 4.39 Å². The average Bonchev–Trinajstić information content (AvgIpc) is 2.71. The Bertz CT molecular complexity index is 788. The molecule has 0 aromatic rings. The Morgan fingerprint density at radius 3 is 2.38 bits per heavy atom. The third kappa shape index (κ3) is 4.03. The van der Waals surface area contributed by atoms with E-state index in [9.17, 15) is 4.39 Å². The van der Waals surface area contributed by atoms with Crippen LogP contribution in [0.4, 0.5) is 4.39 Å². The lowest BCUT2D eigenvalue weighted by molar-refractivity contribution is 0.674. The van der Waals surface area contributed by atoms with Gasteiger partial charge < -0.3 is 0 Å². The predicted molar refractivity (Wildman–Crippen MR) is 104 cm³/mol. The molecule has 0 fully saturated rings. The van der Waals surface area contributed by atoms with Gasteiger partial charge in [0.05, 0.1) is 0 Å². The van der Waals surface area contributed by atoms with Crippen LogP contribution >= 0.6 is 0 Å². The number of hydrogen-bond acceptors (Lipinski definition) is 0. The topological polar surface area (TPSA) is 0 Å². The van der Waals surface area contributed by atoms with Gasteiger partial charge in [-0.2, -0.15) is 0 Å². The quantitative estimate of drug-likeness (QED) is 0.516. The second kappa shape index (κ2) is 7.61. The van der Waals surface area contributed by atoms with Gasteiger partial charge in [-0.3, -0.25) is 0 Å². The van der Waals surface area contributed by atoms with Crippen LogP contribution in [0.15, 0.2) is 53.9 Å². The molecule has 0 radical (unpaired) electrons. The van der Waals surface area contributed by atoms with E-state index >= 15 is 0 Å². The fourth-order valence-corrected chi connectivity index (χ4v) is 2.86. The normalized spacial score (nSPS) is 13.5. The zero-order valence-electron chi connectivity index (χ0n) is 15.6. The number of rotatable bonds is 4. The van der Waals surface area contributed by atoms with Crippen LogP contribution in [0.1, 0.15) is 55.9 Å². The third-order valence-electron chi connectivity index (χ3n) is 4.51. The SMILES string of the molecule is C/C=C(C)/C=C/C(F)=C/c1cc(C)c2cc(C(C)C)ccc(C)c1-2. The number of aryl methyl sites for hydroxylation is 2. The molecule has 0 atom stereocenters. The summed E-state index contributed by atoms with van der Waals surface area (Å²) in [6.07, 6.45) is 6.93. The molecular weight excluding hydrogens is 295 g/mol. The van der Waals surface area contributed by atoms with E-state index in [0.717, 1.165) is 16.7 Å². The first-order chi connectivity index (χ1) is 11.3. The highest BCUT2D eigenvalue weighted by Crippen LogP contribution is 2.37. The average molecular weight is 322 g/mol. The summed E-state index contributed by atoms with van der Waals surface area (Å²) in [7, 11) is 0. The van der Waals surface area contributed by atoms with Crippen molar-refractivity contribution in [3.8, 4) is 11.1 Å².